The van der Waals surface area contributed by atoms with Crippen molar-refractivity contribution in [3.05, 3.63) is 70.7 Å². The van der Waals surface area contributed by atoms with Gasteiger partial charge in [0.2, 0.25) is 0 Å². The highest BCUT2D eigenvalue weighted by Gasteiger charge is 2.12. The van der Waals surface area contributed by atoms with Gasteiger partial charge in [-0.2, -0.15) is 0 Å². The molecule has 0 radical (unpaired) electrons. The van der Waals surface area contributed by atoms with E-state index in [9.17, 15) is 0 Å². The van der Waals surface area contributed by atoms with Crippen molar-refractivity contribution in [2.45, 2.75) is 27.3 Å². The summed E-state index contributed by atoms with van der Waals surface area (Å²) in [6.45, 7) is 8.22. The fraction of sp³-hybridized carbons (Fsp3) is 0.286. The number of aryl methyl sites for hydroxylation is 3. The van der Waals surface area contributed by atoms with Crippen molar-refractivity contribution in [3.63, 3.8) is 0 Å². The smallest absolute Gasteiger partial charge is 0.367 e. The van der Waals surface area contributed by atoms with Crippen LogP contribution in [0.15, 0.2) is 65.0 Å². The average Bonchev–Trinajstić information content (AvgIpc) is 2.97. The summed E-state index contributed by atoms with van der Waals surface area (Å²) >= 11 is 1.65. The fourth-order valence-corrected chi connectivity index (χ4v) is 3.67. The summed E-state index contributed by atoms with van der Waals surface area (Å²) in [7, 11) is 2.00. The van der Waals surface area contributed by atoms with E-state index in [0.717, 1.165) is 29.5 Å². The van der Waals surface area contributed by atoms with E-state index in [4.69, 9.17) is 0 Å². The van der Waals surface area contributed by atoms with Crippen LogP contribution in [0.2, 0.25) is 0 Å². The lowest BCUT2D eigenvalue weighted by Gasteiger charge is -2.23. The minimum absolute atomic E-state index is 0.905. The zero-order valence-electron chi connectivity index (χ0n) is 15.8. The Bertz CT molecular complexity index is 900. The van der Waals surface area contributed by atoms with E-state index in [1.54, 1.807) is 11.3 Å². The Morgan fingerprint density at radius 3 is 2.42 bits per heavy atom. The van der Waals surface area contributed by atoms with Gasteiger partial charge in [0.25, 0.3) is 0 Å². The number of anilines is 1. The summed E-state index contributed by atoms with van der Waals surface area (Å²) in [5, 5.41) is 9.78. The third-order valence-electron chi connectivity index (χ3n) is 4.32. The molecule has 0 saturated heterocycles. The normalized spacial score (nSPS) is 11.2. The van der Waals surface area contributed by atoms with Crippen LogP contribution >= 0.6 is 11.3 Å². The van der Waals surface area contributed by atoms with Gasteiger partial charge in [0.1, 0.15) is 11.9 Å². The number of aromatic nitrogens is 1. The number of azo groups is 1. The van der Waals surface area contributed by atoms with Crippen molar-refractivity contribution < 1.29 is 4.57 Å². The highest BCUT2D eigenvalue weighted by molar-refractivity contribution is 7.14. The molecule has 5 heteroatoms. The first kappa shape index (κ1) is 18.3. The van der Waals surface area contributed by atoms with Crippen LogP contribution in [0.5, 0.6) is 0 Å². The Hall–Kier alpha value is -2.53. The predicted molar refractivity (Wildman–Crippen MR) is 109 cm³/mol. The zero-order chi connectivity index (χ0) is 18.5. The molecular weight excluding hydrogens is 340 g/mol. The molecule has 0 amide bonds. The summed E-state index contributed by atoms with van der Waals surface area (Å²) in [4.78, 5) is 3.60. The largest absolute Gasteiger partial charge is 0.408 e. The minimum Gasteiger partial charge on any atom is -0.367 e. The quantitative estimate of drug-likeness (QED) is 0.411. The summed E-state index contributed by atoms with van der Waals surface area (Å²) in [6.07, 6.45) is 2.07. The molecule has 2 aromatic carbocycles. The maximum Gasteiger partial charge on any atom is 0.408 e. The van der Waals surface area contributed by atoms with Crippen LogP contribution in [0, 0.1) is 13.8 Å². The van der Waals surface area contributed by atoms with E-state index in [1.165, 1.54) is 16.1 Å². The van der Waals surface area contributed by atoms with Gasteiger partial charge in [0, 0.05) is 23.7 Å². The number of benzene rings is 2. The summed E-state index contributed by atoms with van der Waals surface area (Å²) < 4.78 is 2.01. The average molecular weight is 366 g/mol. The minimum atomic E-state index is 0.905. The van der Waals surface area contributed by atoms with Crippen LogP contribution in [0.4, 0.5) is 16.5 Å². The van der Waals surface area contributed by atoms with Gasteiger partial charge in [-0.05, 0) is 66.5 Å². The molecule has 0 aliphatic rings. The van der Waals surface area contributed by atoms with Gasteiger partial charge in [-0.1, -0.05) is 30.3 Å². The Morgan fingerprint density at radius 2 is 1.81 bits per heavy atom. The predicted octanol–water partition coefficient (Wildman–Crippen LogP) is 5.63. The van der Waals surface area contributed by atoms with Gasteiger partial charge in [-0.15, -0.1) is 0 Å². The second-order valence-corrected chi connectivity index (χ2v) is 7.62. The molecule has 0 N–H and O–H groups in total. The third kappa shape index (κ3) is 4.35. The van der Waals surface area contributed by atoms with Crippen molar-refractivity contribution in [1.82, 2.24) is 0 Å². The van der Waals surface area contributed by atoms with Crippen molar-refractivity contribution in [2.75, 3.05) is 11.4 Å². The molecule has 3 aromatic rings. The van der Waals surface area contributed by atoms with Crippen LogP contribution in [-0.4, -0.2) is 6.54 Å². The van der Waals surface area contributed by atoms with Crippen LogP contribution in [-0.2, 0) is 13.6 Å². The lowest BCUT2D eigenvalue weighted by Crippen LogP contribution is -2.23. The van der Waals surface area contributed by atoms with Gasteiger partial charge in [-0.3, -0.25) is 0 Å². The highest BCUT2D eigenvalue weighted by atomic mass is 32.1. The van der Waals surface area contributed by atoms with E-state index in [0.29, 0.717) is 0 Å². The number of hydrogen-bond donors (Lipinski definition) is 0. The SMILES string of the molecule is CCN(Cc1ccccc1)c1ccc(N=Nc2sc(C)c[n+]2C)c(C)c1. The van der Waals surface area contributed by atoms with Gasteiger partial charge in [0.15, 0.2) is 0 Å². The molecule has 0 saturated carbocycles. The highest BCUT2D eigenvalue weighted by Crippen LogP contribution is 2.28. The first-order chi connectivity index (χ1) is 12.6. The third-order valence-corrected chi connectivity index (χ3v) is 5.30. The first-order valence-corrected chi connectivity index (χ1v) is 9.66. The summed E-state index contributed by atoms with van der Waals surface area (Å²) in [6, 6.07) is 17.0. The van der Waals surface area contributed by atoms with Gasteiger partial charge in [-0.25, -0.2) is 4.57 Å². The standard InChI is InChI=1S/C21H25N4S/c1-5-25(15-18-9-7-6-8-10-18)19-11-12-20(16(2)13-19)22-23-21-24(4)14-17(3)26-21/h6-14H,5,15H2,1-4H3/q+1. The lowest BCUT2D eigenvalue weighted by molar-refractivity contribution is -0.654. The Morgan fingerprint density at radius 1 is 1.04 bits per heavy atom. The molecule has 0 aliphatic heterocycles. The molecule has 0 aliphatic carbocycles. The van der Waals surface area contributed by atoms with Crippen molar-refractivity contribution in [1.29, 1.82) is 0 Å². The summed E-state index contributed by atoms with van der Waals surface area (Å²) in [5.74, 6) is 0. The molecular formula is C21H25N4S+. The van der Waals surface area contributed by atoms with E-state index < -0.39 is 0 Å². The number of nitrogens with zero attached hydrogens (tertiary/aromatic N) is 4. The molecule has 0 spiro atoms. The molecule has 26 heavy (non-hydrogen) atoms. The van der Waals surface area contributed by atoms with Crippen LogP contribution in [0.1, 0.15) is 22.9 Å². The van der Waals surface area contributed by atoms with Gasteiger partial charge >= 0.3 is 5.13 Å². The number of hydrogen-bond acceptors (Lipinski definition) is 4. The van der Waals surface area contributed by atoms with Crippen molar-refractivity contribution in [2.24, 2.45) is 17.3 Å². The molecule has 0 fully saturated rings. The fourth-order valence-electron chi connectivity index (χ4n) is 2.90. The molecule has 134 valence electrons. The zero-order valence-corrected chi connectivity index (χ0v) is 16.6. The van der Waals surface area contributed by atoms with Crippen molar-refractivity contribution >= 4 is 27.8 Å². The Labute approximate surface area is 159 Å². The second kappa shape index (κ2) is 8.23. The van der Waals surface area contributed by atoms with Gasteiger partial charge in [0.05, 0.1) is 12.2 Å². The maximum absolute atomic E-state index is 4.46. The first-order valence-electron chi connectivity index (χ1n) is 8.84. The lowest BCUT2D eigenvalue weighted by atomic mass is 10.1. The molecule has 0 bridgehead atoms. The molecule has 3 rings (SSSR count). The molecule has 1 heterocycles. The van der Waals surface area contributed by atoms with E-state index in [1.807, 2.05) is 11.6 Å². The monoisotopic (exact) mass is 365 g/mol. The molecule has 0 atom stereocenters. The van der Waals surface area contributed by atoms with Gasteiger partial charge < -0.3 is 4.90 Å². The van der Waals surface area contributed by atoms with Crippen LogP contribution in [0.3, 0.4) is 0 Å². The van der Waals surface area contributed by atoms with E-state index >= 15 is 0 Å². The maximum atomic E-state index is 4.46. The van der Waals surface area contributed by atoms with E-state index in [2.05, 4.69) is 90.6 Å². The summed E-state index contributed by atoms with van der Waals surface area (Å²) in [5.41, 5.74) is 4.57. The Kier molecular flexibility index (Phi) is 5.78. The molecule has 0 unspecified atom stereocenters. The second-order valence-electron chi connectivity index (χ2n) is 6.41. The molecule has 4 nitrogen and oxygen atoms in total. The topological polar surface area (TPSA) is 31.8 Å². The van der Waals surface area contributed by atoms with Crippen LogP contribution < -0.4 is 9.47 Å². The van der Waals surface area contributed by atoms with Crippen molar-refractivity contribution in [3.8, 4) is 0 Å². The van der Waals surface area contributed by atoms with Crippen LogP contribution in [0.25, 0.3) is 0 Å². The number of thiazole rings is 1. The van der Waals surface area contributed by atoms with E-state index in [-0.39, 0.29) is 0 Å². The Balaban J connectivity index is 1.78. The number of rotatable bonds is 6. The molecule has 1 aromatic heterocycles.